The Kier molecular flexibility index (Phi) is 4.63. The molecule has 0 aliphatic carbocycles. The number of Topliss-reactive ketones (excluding diaryl/α,β-unsaturated/α-hetero) is 1. The summed E-state index contributed by atoms with van der Waals surface area (Å²) in [5.41, 5.74) is 3.91. The van der Waals surface area contributed by atoms with E-state index in [0.717, 1.165) is 16.1 Å². The molecule has 0 fully saturated rings. The van der Waals surface area contributed by atoms with E-state index in [4.69, 9.17) is 0 Å². The van der Waals surface area contributed by atoms with Gasteiger partial charge in [-0.1, -0.05) is 6.92 Å². The molecule has 2 N–H and O–H groups in total. The Morgan fingerprint density at radius 2 is 2.05 bits per heavy atom. The maximum atomic E-state index is 12.4. The molecule has 0 aliphatic heterocycles. The first-order chi connectivity index (χ1) is 9.95. The lowest BCUT2D eigenvalue weighted by Gasteiger charge is -2.06. The first-order valence-electron chi connectivity index (χ1n) is 6.99. The van der Waals surface area contributed by atoms with Crippen LogP contribution in [0.25, 0.3) is 0 Å². The van der Waals surface area contributed by atoms with Crippen molar-refractivity contribution in [3.63, 3.8) is 0 Å². The Labute approximate surface area is 128 Å². The largest absolute Gasteiger partial charge is 0.354 e. The molecule has 2 heterocycles. The molecule has 0 saturated heterocycles. The quantitative estimate of drug-likeness (QED) is 0.832. The fourth-order valence-electron chi connectivity index (χ4n) is 2.53. The van der Waals surface area contributed by atoms with E-state index in [1.165, 1.54) is 12.5 Å². The molecule has 0 bridgehead atoms. The predicted molar refractivity (Wildman–Crippen MR) is 85.1 cm³/mol. The number of hydrogen-bond donors (Lipinski definition) is 2. The van der Waals surface area contributed by atoms with Gasteiger partial charge in [0.05, 0.1) is 6.54 Å². The van der Waals surface area contributed by atoms with E-state index >= 15 is 0 Å². The van der Waals surface area contributed by atoms with Gasteiger partial charge in [-0.2, -0.15) is 0 Å². The fourth-order valence-corrected chi connectivity index (χ4v) is 3.38. The minimum Gasteiger partial charge on any atom is -0.354 e. The Morgan fingerprint density at radius 1 is 1.33 bits per heavy atom. The Morgan fingerprint density at radius 3 is 2.57 bits per heavy atom. The molecular weight excluding hydrogens is 284 g/mol. The molecule has 5 heteroatoms. The zero-order valence-corrected chi connectivity index (χ0v) is 13.6. The highest BCUT2D eigenvalue weighted by atomic mass is 32.1. The number of carbonyl (C=O) groups excluding carboxylic acids is 2. The molecule has 0 atom stereocenters. The highest BCUT2D eigenvalue weighted by Gasteiger charge is 2.21. The maximum absolute atomic E-state index is 12.4. The molecule has 2 aromatic rings. The van der Waals surface area contributed by atoms with E-state index in [1.807, 2.05) is 32.2 Å². The van der Waals surface area contributed by atoms with E-state index in [-0.39, 0.29) is 11.7 Å². The smallest absolute Gasteiger partial charge is 0.268 e. The van der Waals surface area contributed by atoms with Crippen LogP contribution in [0.2, 0.25) is 0 Å². The molecule has 0 saturated carbocycles. The number of aryl methyl sites for hydroxylation is 2. The van der Waals surface area contributed by atoms with Gasteiger partial charge in [0.15, 0.2) is 5.78 Å². The van der Waals surface area contributed by atoms with Crippen molar-refractivity contribution in [3.8, 4) is 0 Å². The maximum Gasteiger partial charge on any atom is 0.268 e. The van der Waals surface area contributed by atoms with Gasteiger partial charge < -0.3 is 10.3 Å². The van der Waals surface area contributed by atoms with Crippen molar-refractivity contribution < 1.29 is 9.59 Å². The summed E-state index contributed by atoms with van der Waals surface area (Å²) in [7, 11) is 0. The summed E-state index contributed by atoms with van der Waals surface area (Å²) in [6, 6.07) is 2.04. The minimum absolute atomic E-state index is 0.00579. The van der Waals surface area contributed by atoms with Crippen LogP contribution in [-0.2, 0) is 13.0 Å². The number of rotatable bonds is 5. The van der Waals surface area contributed by atoms with Crippen LogP contribution < -0.4 is 5.32 Å². The third-order valence-corrected chi connectivity index (χ3v) is 4.62. The number of aromatic nitrogens is 1. The molecular formula is C16H20N2O2S. The summed E-state index contributed by atoms with van der Waals surface area (Å²) in [6.07, 6.45) is 0.653. The second-order valence-electron chi connectivity index (χ2n) is 5.10. The Bertz CT molecular complexity index is 683. The van der Waals surface area contributed by atoms with Gasteiger partial charge in [-0.15, -0.1) is 11.3 Å². The monoisotopic (exact) mass is 304 g/mol. The molecule has 1 amide bonds. The van der Waals surface area contributed by atoms with E-state index in [0.29, 0.717) is 24.2 Å². The first kappa shape index (κ1) is 15.5. The van der Waals surface area contributed by atoms with Crippen LogP contribution in [0.15, 0.2) is 11.4 Å². The SMILES string of the molecule is CCc1c(C(=O)NCc2sccc2C)[nH]c(C)c1C(C)=O. The van der Waals surface area contributed by atoms with Gasteiger partial charge in [0.2, 0.25) is 0 Å². The van der Waals surface area contributed by atoms with Gasteiger partial charge in [-0.3, -0.25) is 9.59 Å². The summed E-state index contributed by atoms with van der Waals surface area (Å²) in [5, 5.41) is 4.94. The van der Waals surface area contributed by atoms with Crippen LogP contribution in [-0.4, -0.2) is 16.7 Å². The van der Waals surface area contributed by atoms with Gasteiger partial charge in [-0.25, -0.2) is 0 Å². The fraction of sp³-hybridized carbons (Fsp3) is 0.375. The second-order valence-corrected chi connectivity index (χ2v) is 6.10. The highest BCUT2D eigenvalue weighted by molar-refractivity contribution is 7.10. The van der Waals surface area contributed by atoms with Gasteiger partial charge in [-0.05, 0) is 49.8 Å². The summed E-state index contributed by atoms with van der Waals surface area (Å²) in [5.74, 6) is -0.163. The molecule has 2 aromatic heterocycles. The molecule has 0 aliphatic rings. The van der Waals surface area contributed by atoms with Crippen LogP contribution in [0, 0.1) is 13.8 Å². The van der Waals surface area contributed by atoms with Crippen molar-refractivity contribution in [2.24, 2.45) is 0 Å². The topological polar surface area (TPSA) is 62.0 Å². The van der Waals surface area contributed by atoms with E-state index < -0.39 is 0 Å². The second kappa shape index (κ2) is 6.26. The minimum atomic E-state index is -0.157. The van der Waals surface area contributed by atoms with Crippen LogP contribution in [0.4, 0.5) is 0 Å². The lowest BCUT2D eigenvalue weighted by atomic mass is 10.0. The highest BCUT2D eigenvalue weighted by Crippen LogP contribution is 2.21. The van der Waals surface area contributed by atoms with Crippen molar-refractivity contribution in [1.82, 2.24) is 10.3 Å². The number of H-pyrrole nitrogens is 1. The number of hydrogen-bond acceptors (Lipinski definition) is 3. The zero-order chi connectivity index (χ0) is 15.6. The normalized spacial score (nSPS) is 10.7. The van der Waals surface area contributed by atoms with Gasteiger partial charge in [0.25, 0.3) is 5.91 Å². The summed E-state index contributed by atoms with van der Waals surface area (Å²) >= 11 is 1.63. The summed E-state index contributed by atoms with van der Waals surface area (Å²) in [4.78, 5) is 28.3. The van der Waals surface area contributed by atoms with Crippen molar-refractivity contribution in [2.75, 3.05) is 0 Å². The van der Waals surface area contributed by atoms with Crippen LogP contribution in [0.5, 0.6) is 0 Å². The number of amides is 1. The molecule has 0 aromatic carbocycles. The predicted octanol–water partition coefficient (Wildman–Crippen LogP) is 3.39. The standard InChI is InChI=1S/C16H20N2O2S/c1-5-12-14(11(4)19)10(3)18-15(12)16(20)17-8-13-9(2)6-7-21-13/h6-7,18H,5,8H2,1-4H3,(H,17,20). The first-order valence-corrected chi connectivity index (χ1v) is 7.87. The van der Waals surface area contributed by atoms with E-state index in [2.05, 4.69) is 10.3 Å². The molecule has 2 rings (SSSR count). The third kappa shape index (κ3) is 3.08. The average molecular weight is 304 g/mol. The molecule has 0 unspecified atom stereocenters. The van der Waals surface area contributed by atoms with E-state index in [1.54, 1.807) is 11.3 Å². The number of nitrogens with one attached hydrogen (secondary N) is 2. The number of ketones is 1. The lowest BCUT2D eigenvalue weighted by Crippen LogP contribution is -2.24. The summed E-state index contributed by atoms with van der Waals surface area (Å²) < 4.78 is 0. The number of carbonyl (C=O) groups is 2. The van der Waals surface area contributed by atoms with Crippen molar-refractivity contribution in [3.05, 3.63) is 44.4 Å². The molecule has 0 spiro atoms. The van der Waals surface area contributed by atoms with Crippen LogP contribution in [0.1, 0.15) is 56.4 Å². The molecule has 112 valence electrons. The van der Waals surface area contributed by atoms with Crippen molar-refractivity contribution in [1.29, 1.82) is 0 Å². The zero-order valence-electron chi connectivity index (χ0n) is 12.8. The van der Waals surface area contributed by atoms with Crippen LogP contribution >= 0.6 is 11.3 Å². The van der Waals surface area contributed by atoms with Gasteiger partial charge in [0.1, 0.15) is 5.69 Å². The van der Waals surface area contributed by atoms with Crippen LogP contribution in [0.3, 0.4) is 0 Å². The van der Waals surface area contributed by atoms with Gasteiger partial charge >= 0.3 is 0 Å². The lowest BCUT2D eigenvalue weighted by molar-refractivity contribution is 0.0945. The molecule has 21 heavy (non-hydrogen) atoms. The Balaban J connectivity index is 2.21. The van der Waals surface area contributed by atoms with Crippen molar-refractivity contribution in [2.45, 2.75) is 40.7 Å². The average Bonchev–Trinajstić information content (AvgIpc) is 2.99. The number of aromatic amines is 1. The number of thiophene rings is 1. The van der Waals surface area contributed by atoms with E-state index in [9.17, 15) is 9.59 Å². The third-order valence-electron chi connectivity index (χ3n) is 3.60. The van der Waals surface area contributed by atoms with Crippen molar-refractivity contribution >= 4 is 23.0 Å². The Hall–Kier alpha value is -1.88. The molecule has 0 radical (unpaired) electrons. The van der Waals surface area contributed by atoms with Gasteiger partial charge in [0, 0.05) is 16.1 Å². The molecule has 4 nitrogen and oxygen atoms in total. The summed E-state index contributed by atoms with van der Waals surface area (Å²) in [6.45, 7) is 7.86.